The second-order valence-corrected chi connectivity index (χ2v) is 8.74. The number of thioether (sulfide) groups is 1. The van der Waals surface area contributed by atoms with Crippen LogP contribution in [0.3, 0.4) is 0 Å². The van der Waals surface area contributed by atoms with Gasteiger partial charge in [0.2, 0.25) is 11.8 Å². The predicted molar refractivity (Wildman–Crippen MR) is 107 cm³/mol. The Kier molecular flexibility index (Phi) is 5.73. The summed E-state index contributed by atoms with van der Waals surface area (Å²) in [7, 11) is 0. The van der Waals surface area contributed by atoms with Crippen LogP contribution in [-0.2, 0) is 19.7 Å². The Labute approximate surface area is 169 Å². The highest BCUT2D eigenvalue weighted by molar-refractivity contribution is 8.14. The lowest BCUT2D eigenvalue weighted by atomic mass is 9.73. The standard InChI is InChI=1S/C21H26N2O4S/c24-18-14-28-20(26)23(18)17-9-5-4-8-16(17)22-19(25)21(10-12-27-13-11-21)15-6-2-1-3-7-15/h1-3,6-7,16-17H,4-5,8-14H2,(H,22,25)/t16-,17-/m0/s1. The molecule has 0 radical (unpaired) electrons. The number of hydrogen-bond donors (Lipinski definition) is 1. The molecule has 2 saturated heterocycles. The SMILES string of the molecule is O=C1CSC(=O)N1[C@H]1CCCC[C@@H]1NC(=O)C1(c2ccccc2)CCOCC1. The van der Waals surface area contributed by atoms with Crippen molar-refractivity contribution in [3.05, 3.63) is 35.9 Å². The van der Waals surface area contributed by atoms with Gasteiger partial charge in [0, 0.05) is 19.3 Å². The van der Waals surface area contributed by atoms with Crippen LogP contribution in [0.25, 0.3) is 0 Å². The zero-order valence-electron chi connectivity index (χ0n) is 15.9. The molecular formula is C21H26N2O4S. The Morgan fingerprint density at radius 3 is 2.50 bits per heavy atom. The van der Waals surface area contributed by atoms with Crippen molar-refractivity contribution in [1.29, 1.82) is 0 Å². The second kappa shape index (κ2) is 8.25. The first kappa shape index (κ1) is 19.5. The maximum atomic E-state index is 13.6. The molecule has 3 amide bonds. The summed E-state index contributed by atoms with van der Waals surface area (Å²) in [5.74, 6) is 0.0667. The molecule has 2 heterocycles. The van der Waals surface area contributed by atoms with Crippen LogP contribution >= 0.6 is 11.8 Å². The molecule has 1 N–H and O–H groups in total. The van der Waals surface area contributed by atoms with E-state index in [1.54, 1.807) is 0 Å². The molecule has 0 unspecified atom stereocenters. The van der Waals surface area contributed by atoms with E-state index in [0.29, 0.717) is 26.1 Å². The van der Waals surface area contributed by atoms with E-state index >= 15 is 0 Å². The fraction of sp³-hybridized carbons (Fsp3) is 0.571. The van der Waals surface area contributed by atoms with E-state index in [1.807, 2.05) is 30.3 Å². The third-order valence-corrected chi connectivity index (χ3v) is 7.10. The third-order valence-electron chi connectivity index (χ3n) is 6.27. The number of rotatable bonds is 4. The van der Waals surface area contributed by atoms with Gasteiger partial charge in [0.15, 0.2) is 0 Å². The molecule has 2 atom stereocenters. The topological polar surface area (TPSA) is 75.7 Å². The summed E-state index contributed by atoms with van der Waals surface area (Å²) in [6, 6.07) is 9.47. The maximum absolute atomic E-state index is 13.6. The quantitative estimate of drug-likeness (QED) is 0.838. The molecule has 28 heavy (non-hydrogen) atoms. The first-order valence-corrected chi connectivity index (χ1v) is 11.0. The van der Waals surface area contributed by atoms with Crippen LogP contribution in [0.2, 0.25) is 0 Å². The van der Waals surface area contributed by atoms with Crippen molar-refractivity contribution in [3.8, 4) is 0 Å². The number of nitrogens with one attached hydrogen (secondary N) is 1. The molecule has 1 aliphatic carbocycles. The fourth-order valence-electron chi connectivity index (χ4n) is 4.70. The number of ether oxygens (including phenoxy) is 1. The van der Waals surface area contributed by atoms with Crippen LogP contribution in [0.15, 0.2) is 30.3 Å². The summed E-state index contributed by atoms with van der Waals surface area (Å²) in [4.78, 5) is 39.4. The molecule has 150 valence electrons. The Morgan fingerprint density at radius 1 is 1.11 bits per heavy atom. The summed E-state index contributed by atoms with van der Waals surface area (Å²) < 4.78 is 5.54. The van der Waals surface area contributed by atoms with Crippen LogP contribution in [0.1, 0.15) is 44.1 Å². The zero-order chi connectivity index (χ0) is 19.6. The fourth-order valence-corrected chi connectivity index (χ4v) is 5.47. The number of imide groups is 1. The monoisotopic (exact) mass is 402 g/mol. The van der Waals surface area contributed by atoms with Crippen LogP contribution in [0.4, 0.5) is 4.79 Å². The van der Waals surface area contributed by atoms with Crippen LogP contribution in [0, 0.1) is 0 Å². The Morgan fingerprint density at radius 2 is 1.82 bits per heavy atom. The minimum absolute atomic E-state index is 0.00866. The van der Waals surface area contributed by atoms with Crippen molar-refractivity contribution in [2.75, 3.05) is 19.0 Å². The average Bonchev–Trinajstić information content (AvgIpc) is 3.07. The predicted octanol–water partition coefficient (Wildman–Crippen LogP) is 2.86. The first-order chi connectivity index (χ1) is 13.6. The largest absolute Gasteiger partial charge is 0.381 e. The van der Waals surface area contributed by atoms with Crippen molar-refractivity contribution >= 4 is 28.8 Å². The smallest absolute Gasteiger partial charge is 0.289 e. The van der Waals surface area contributed by atoms with Gasteiger partial charge >= 0.3 is 0 Å². The van der Waals surface area contributed by atoms with E-state index in [1.165, 1.54) is 4.90 Å². The highest BCUT2D eigenvalue weighted by Gasteiger charge is 2.45. The molecule has 0 spiro atoms. The van der Waals surface area contributed by atoms with Crippen molar-refractivity contribution in [3.63, 3.8) is 0 Å². The van der Waals surface area contributed by atoms with Gasteiger partial charge in [-0.05, 0) is 31.2 Å². The van der Waals surface area contributed by atoms with Crippen LogP contribution < -0.4 is 5.32 Å². The molecule has 6 nitrogen and oxygen atoms in total. The Hall–Kier alpha value is -1.86. The molecule has 2 aliphatic heterocycles. The minimum atomic E-state index is -0.616. The second-order valence-electron chi connectivity index (χ2n) is 7.81. The molecule has 4 rings (SSSR count). The number of amides is 3. The summed E-state index contributed by atoms with van der Waals surface area (Å²) >= 11 is 1.06. The lowest BCUT2D eigenvalue weighted by molar-refractivity contribution is -0.134. The van der Waals surface area contributed by atoms with E-state index in [2.05, 4.69) is 5.32 Å². The number of hydrogen-bond acceptors (Lipinski definition) is 5. The third kappa shape index (κ3) is 3.57. The lowest BCUT2D eigenvalue weighted by Gasteiger charge is -2.41. The highest BCUT2D eigenvalue weighted by atomic mass is 32.2. The van der Waals surface area contributed by atoms with E-state index < -0.39 is 5.41 Å². The summed E-state index contributed by atoms with van der Waals surface area (Å²) in [6.07, 6.45) is 4.78. The van der Waals surface area contributed by atoms with E-state index in [4.69, 9.17) is 4.74 Å². The van der Waals surface area contributed by atoms with Crippen molar-refractivity contribution in [2.24, 2.45) is 0 Å². The van der Waals surface area contributed by atoms with Gasteiger partial charge in [-0.15, -0.1) is 0 Å². The molecule has 1 aromatic carbocycles. The zero-order valence-corrected chi connectivity index (χ0v) is 16.7. The van der Waals surface area contributed by atoms with Gasteiger partial charge in [-0.25, -0.2) is 0 Å². The molecule has 0 aromatic heterocycles. The molecule has 7 heteroatoms. The number of carbonyl (C=O) groups excluding carboxylic acids is 3. The van der Waals surface area contributed by atoms with Gasteiger partial charge < -0.3 is 10.1 Å². The number of benzene rings is 1. The highest BCUT2D eigenvalue weighted by Crippen LogP contribution is 2.36. The molecule has 0 bridgehead atoms. The van der Waals surface area contributed by atoms with Crippen LogP contribution in [0.5, 0.6) is 0 Å². The Bertz CT molecular complexity index is 732. The van der Waals surface area contributed by atoms with Gasteiger partial charge in [0.25, 0.3) is 5.24 Å². The summed E-state index contributed by atoms with van der Waals surface area (Å²) in [5, 5.41) is 3.07. The maximum Gasteiger partial charge on any atom is 0.289 e. The molecular weight excluding hydrogens is 376 g/mol. The van der Waals surface area contributed by atoms with E-state index in [0.717, 1.165) is 43.0 Å². The van der Waals surface area contributed by atoms with Gasteiger partial charge in [0.1, 0.15) is 0 Å². The molecule has 3 aliphatic rings. The number of nitrogens with zero attached hydrogens (tertiary/aromatic N) is 1. The van der Waals surface area contributed by atoms with E-state index in [-0.39, 0.29) is 34.9 Å². The van der Waals surface area contributed by atoms with Crippen molar-refractivity contribution in [1.82, 2.24) is 10.2 Å². The summed E-state index contributed by atoms with van der Waals surface area (Å²) in [6.45, 7) is 1.10. The van der Waals surface area contributed by atoms with Crippen LogP contribution in [-0.4, -0.2) is 53.0 Å². The van der Waals surface area contributed by atoms with Crippen molar-refractivity contribution in [2.45, 2.75) is 56.0 Å². The first-order valence-electron chi connectivity index (χ1n) is 10.0. The summed E-state index contributed by atoms with van der Waals surface area (Å²) in [5.41, 5.74) is 0.391. The molecule has 1 aromatic rings. The normalized spacial score (nSPS) is 27.6. The van der Waals surface area contributed by atoms with Gasteiger partial charge in [-0.1, -0.05) is 54.9 Å². The molecule has 1 saturated carbocycles. The molecule has 3 fully saturated rings. The van der Waals surface area contributed by atoms with Gasteiger partial charge in [0.05, 0.1) is 17.2 Å². The minimum Gasteiger partial charge on any atom is -0.381 e. The van der Waals surface area contributed by atoms with E-state index in [9.17, 15) is 14.4 Å². The number of carbonyl (C=O) groups is 3. The average molecular weight is 403 g/mol. The van der Waals surface area contributed by atoms with Gasteiger partial charge in [-0.3, -0.25) is 19.3 Å². The van der Waals surface area contributed by atoms with Crippen molar-refractivity contribution < 1.29 is 19.1 Å². The lowest BCUT2D eigenvalue weighted by Crippen LogP contribution is -2.58. The van der Waals surface area contributed by atoms with Gasteiger partial charge in [-0.2, -0.15) is 0 Å². The Balaban J connectivity index is 1.57.